The van der Waals surface area contributed by atoms with Crippen LogP contribution in [0.4, 0.5) is 5.69 Å². The minimum Gasteiger partial charge on any atom is -0.395 e. The second kappa shape index (κ2) is 10.6. The third kappa shape index (κ3) is 6.33. The van der Waals surface area contributed by atoms with E-state index in [1.165, 1.54) is 0 Å². The van der Waals surface area contributed by atoms with Crippen LogP contribution in [0.25, 0.3) is 11.1 Å². The van der Waals surface area contributed by atoms with Gasteiger partial charge in [0.15, 0.2) is 0 Å². The first-order valence-corrected chi connectivity index (χ1v) is 8.67. The van der Waals surface area contributed by atoms with E-state index in [-0.39, 0.29) is 25.5 Å². The Labute approximate surface area is 162 Å². The lowest BCUT2D eigenvalue weighted by atomic mass is 10.0. The highest BCUT2D eigenvalue weighted by atomic mass is 16.3. The molecule has 0 spiro atoms. The number of para-hydroxylation sites is 1. The van der Waals surface area contributed by atoms with Crippen molar-refractivity contribution in [2.45, 2.75) is 13.3 Å². The molecule has 4 N–H and O–H groups in total. The van der Waals surface area contributed by atoms with Gasteiger partial charge < -0.3 is 15.7 Å². The van der Waals surface area contributed by atoms with Gasteiger partial charge in [-0.1, -0.05) is 48.5 Å². The van der Waals surface area contributed by atoms with E-state index in [1.807, 2.05) is 48.5 Å². The van der Waals surface area contributed by atoms with Gasteiger partial charge in [-0.25, -0.2) is 5.43 Å². The van der Waals surface area contributed by atoms with Crippen LogP contribution in [0.1, 0.15) is 13.3 Å². The Hall–Kier alpha value is -3.52. The van der Waals surface area contributed by atoms with Gasteiger partial charge in [-0.2, -0.15) is 5.10 Å². The van der Waals surface area contributed by atoms with Crippen LogP contribution in [-0.2, 0) is 14.4 Å². The molecule has 8 heteroatoms. The first-order chi connectivity index (χ1) is 13.5. The van der Waals surface area contributed by atoms with Gasteiger partial charge in [-0.3, -0.25) is 14.4 Å². The molecule has 0 aliphatic carbocycles. The largest absolute Gasteiger partial charge is 0.395 e. The van der Waals surface area contributed by atoms with Gasteiger partial charge in [0.1, 0.15) is 0 Å². The first-order valence-electron chi connectivity index (χ1n) is 8.67. The van der Waals surface area contributed by atoms with E-state index in [9.17, 15) is 14.4 Å². The molecule has 0 saturated heterocycles. The van der Waals surface area contributed by atoms with Gasteiger partial charge >= 0.3 is 11.8 Å². The zero-order chi connectivity index (χ0) is 20.4. The normalized spacial score (nSPS) is 10.9. The molecule has 28 heavy (non-hydrogen) atoms. The van der Waals surface area contributed by atoms with Gasteiger partial charge in [0.25, 0.3) is 0 Å². The summed E-state index contributed by atoms with van der Waals surface area (Å²) in [6.45, 7) is 1.26. The van der Waals surface area contributed by atoms with Crippen molar-refractivity contribution in [3.05, 3.63) is 54.6 Å². The summed E-state index contributed by atoms with van der Waals surface area (Å²) in [6.07, 6.45) is -0.0539. The number of amides is 3. The van der Waals surface area contributed by atoms with Crippen LogP contribution >= 0.6 is 0 Å². The number of aliphatic hydroxyl groups is 1. The molecule has 0 fully saturated rings. The fourth-order valence-electron chi connectivity index (χ4n) is 2.37. The molecular formula is C20H22N4O4. The third-order valence-corrected chi connectivity index (χ3v) is 3.65. The molecule has 8 nitrogen and oxygen atoms in total. The fraction of sp³-hybridized carbons (Fsp3) is 0.200. The molecule has 146 valence electrons. The monoisotopic (exact) mass is 382 g/mol. The van der Waals surface area contributed by atoms with E-state index < -0.39 is 11.8 Å². The summed E-state index contributed by atoms with van der Waals surface area (Å²) in [6, 6.07) is 17.1. The van der Waals surface area contributed by atoms with E-state index in [2.05, 4.69) is 21.2 Å². The standard InChI is InChI=1S/C20H22N4O4/c1-14(23-24-20(28)19(27)21-11-12-25)13-18(26)22-17-10-6-5-9-16(17)15-7-3-2-4-8-15/h2-10,25H,11-13H2,1H3,(H,21,27)(H,22,26)(H,24,28). The molecule has 3 amide bonds. The Bertz CT molecular complexity index is 866. The van der Waals surface area contributed by atoms with Gasteiger partial charge in [-0.05, 0) is 18.6 Å². The fourth-order valence-corrected chi connectivity index (χ4v) is 2.37. The van der Waals surface area contributed by atoms with E-state index in [0.717, 1.165) is 11.1 Å². The van der Waals surface area contributed by atoms with E-state index in [4.69, 9.17) is 5.11 Å². The van der Waals surface area contributed by atoms with Crippen molar-refractivity contribution in [3.63, 3.8) is 0 Å². The smallest absolute Gasteiger partial charge is 0.329 e. The highest BCUT2D eigenvalue weighted by Crippen LogP contribution is 2.27. The molecule has 2 aromatic carbocycles. The van der Waals surface area contributed by atoms with Crippen molar-refractivity contribution in [2.24, 2.45) is 5.10 Å². The summed E-state index contributed by atoms with van der Waals surface area (Å²) in [4.78, 5) is 35.2. The number of carbonyl (C=O) groups is 3. The molecule has 0 aromatic heterocycles. The number of anilines is 1. The van der Waals surface area contributed by atoms with Gasteiger partial charge in [0.05, 0.1) is 13.0 Å². The average molecular weight is 382 g/mol. The SMILES string of the molecule is CC(CC(=O)Nc1ccccc1-c1ccccc1)=NNC(=O)C(=O)NCCO. The summed E-state index contributed by atoms with van der Waals surface area (Å²) in [5.41, 5.74) is 4.94. The maximum Gasteiger partial charge on any atom is 0.329 e. The lowest BCUT2D eigenvalue weighted by Crippen LogP contribution is -2.39. The minimum atomic E-state index is -0.970. The number of hydrazone groups is 1. The van der Waals surface area contributed by atoms with Crippen LogP contribution < -0.4 is 16.1 Å². The predicted octanol–water partition coefficient (Wildman–Crippen LogP) is 1.28. The minimum absolute atomic E-state index is 0.0296. The molecule has 0 radical (unpaired) electrons. The number of aliphatic hydroxyl groups excluding tert-OH is 1. The third-order valence-electron chi connectivity index (χ3n) is 3.65. The van der Waals surface area contributed by atoms with Crippen molar-refractivity contribution in [3.8, 4) is 11.1 Å². The van der Waals surface area contributed by atoms with Gasteiger partial charge in [0.2, 0.25) is 5.91 Å². The zero-order valence-electron chi connectivity index (χ0n) is 15.4. The second-order valence-electron chi connectivity index (χ2n) is 5.90. The van der Waals surface area contributed by atoms with Crippen molar-refractivity contribution in [1.29, 1.82) is 0 Å². The molecule has 0 aliphatic heterocycles. The van der Waals surface area contributed by atoms with Crippen molar-refractivity contribution < 1.29 is 19.5 Å². The summed E-state index contributed by atoms with van der Waals surface area (Å²) >= 11 is 0. The maximum absolute atomic E-state index is 12.3. The molecule has 0 unspecified atom stereocenters. The molecule has 0 aliphatic rings. The van der Waals surface area contributed by atoms with E-state index in [1.54, 1.807) is 13.0 Å². The Kier molecular flexibility index (Phi) is 7.86. The molecule has 2 rings (SSSR count). The number of nitrogens with one attached hydrogen (secondary N) is 3. The molecule has 0 heterocycles. The lowest BCUT2D eigenvalue weighted by molar-refractivity contribution is -0.139. The Balaban J connectivity index is 1.95. The molecule has 0 atom stereocenters. The van der Waals surface area contributed by atoms with E-state index >= 15 is 0 Å². The molecular weight excluding hydrogens is 360 g/mol. The van der Waals surface area contributed by atoms with Crippen LogP contribution in [-0.4, -0.2) is 41.7 Å². The number of hydrogen-bond acceptors (Lipinski definition) is 5. The first kappa shape index (κ1) is 20.8. The van der Waals surface area contributed by atoms with Crippen molar-refractivity contribution >= 4 is 29.1 Å². The number of carbonyl (C=O) groups excluding carboxylic acids is 3. The number of hydrogen-bond donors (Lipinski definition) is 4. The maximum atomic E-state index is 12.3. The van der Waals surface area contributed by atoms with Crippen LogP contribution in [0.15, 0.2) is 59.7 Å². The van der Waals surface area contributed by atoms with Crippen LogP contribution in [0.3, 0.4) is 0 Å². The van der Waals surface area contributed by atoms with Crippen LogP contribution in [0.2, 0.25) is 0 Å². The van der Waals surface area contributed by atoms with Gasteiger partial charge in [0, 0.05) is 23.5 Å². The average Bonchev–Trinajstić information content (AvgIpc) is 2.71. The zero-order valence-corrected chi connectivity index (χ0v) is 15.4. The summed E-state index contributed by atoms with van der Waals surface area (Å²) in [7, 11) is 0. The molecule has 0 saturated carbocycles. The number of nitrogens with zero attached hydrogens (tertiary/aromatic N) is 1. The van der Waals surface area contributed by atoms with Crippen molar-refractivity contribution in [1.82, 2.24) is 10.7 Å². The Morgan fingerprint density at radius 1 is 0.964 bits per heavy atom. The molecule has 0 bridgehead atoms. The van der Waals surface area contributed by atoms with Crippen molar-refractivity contribution in [2.75, 3.05) is 18.5 Å². The highest BCUT2D eigenvalue weighted by Gasteiger charge is 2.13. The number of rotatable bonds is 7. The Morgan fingerprint density at radius 3 is 2.36 bits per heavy atom. The van der Waals surface area contributed by atoms with Crippen LogP contribution in [0.5, 0.6) is 0 Å². The molecule has 2 aromatic rings. The lowest BCUT2D eigenvalue weighted by Gasteiger charge is -2.11. The second-order valence-corrected chi connectivity index (χ2v) is 5.90. The topological polar surface area (TPSA) is 120 Å². The quantitative estimate of drug-likeness (QED) is 0.328. The summed E-state index contributed by atoms with van der Waals surface area (Å²) in [5.74, 6) is -2.18. The highest BCUT2D eigenvalue weighted by molar-refractivity contribution is 6.35. The predicted molar refractivity (Wildman–Crippen MR) is 106 cm³/mol. The summed E-state index contributed by atoms with van der Waals surface area (Å²) < 4.78 is 0. The Morgan fingerprint density at radius 2 is 1.64 bits per heavy atom. The summed E-state index contributed by atoms with van der Waals surface area (Å²) in [5, 5.41) is 17.4. The van der Waals surface area contributed by atoms with E-state index in [0.29, 0.717) is 11.4 Å². The van der Waals surface area contributed by atoms with Gasteiger partial charge in [-0.15, -0.1) is 0 Å². The van der Waals surface area contributed by atoms with Crippen LogP contribution in [0, 0.1) is 0 Å². The number of benzene rings is 2.